The molecule has 0 aliphatic heterocycles. The highest BCUT2D eigenvalue weighted by atomic mass is 19.2. The summed E-state index contributed by atoms with van der Waals surface area (Å²) in [6, 6.07) is 17.0. The number of pyridine rings is 1. The number of anilines is 1. The van der Waals surface area contributed by atoms with Gasteiger partial charge in [0.1, 0.15) is 22.7 Å². The maximum atomic E-state index is 15.2. The Bertz CT molecular complexity index is 1820. The van der Waals surface area contributed by atoms with Crippen LogP contribution in [-0.2, 0) is 6.54 Å². The third kappa shape index (κ3) is 5.20. The van der Waals surface area contributed by atoms with E-state index < -0.39 is 51.5 Å². The van der Waals surface area contributed by atoms with Crippen LogP contribution in [0, 0.1) is 23.3 Å². The number of aromatic nitrogens is 2. The number of benzene rings is 3. The number of nitrogens with one attached hydrogen (secondary N) is 1. The standard InChI is InChI=1S/C31H25F4N3O4/c1-3-15-42-21-8-6-7-19(16-21)23-25(32)27(34)29(28(35)26(23)33)36-30(39)24-22-9-4-5-14-37(22)38(31(24)40)17-18-10-12-20(41-2)13-11-18/h4-14,16H,3,15,17H2,1-2H3,(H,36,39). The van der Waals surface area contributed by atoms with Crippen molar-refractivity contribution in [1.29, 1.82) is 0 Å². The zero-order valence-electron chi connectivity index (χ0n) is 22.6. The van der Waals surface area contributed by atoms with E-state index in [1.807, 2.05) is 12.2 Å². The Morgan fingerprint density at radius 1 is 0.881 bits per heavy atom. The topological polar surface area (TPSA) is 74.0 Å². The molecule has 0 unspecified atom stereocenters. The summed E-state index contributed by atoms with van der Waals surface area (Å²) in [6.45, 7) is 2.25. The number of amides is 1. The lowest BCUT2D eigenvalue weighted by atomic mass is 10.0. The molecule has 0 aliphatic rings. The first-order valence-electron chi connectivity index (χ1n) is 13.0. The van der Waals surface area contributed by atoms with Gasteiger partial charge in [-0.1, -0.05) is 37.3 Å². The van der Waals surface area contributed by atoms with Gasteiger partial charge < -0.3 is 14.8 Å². The zero-order chi connectivity index (χ0) is 30.0. The molecule has 0 bridgehead atoms. The predicted octanol–water partition coefficient (Wildman–Crippen LogP) is 6.42. The average Bonchev–Trinajstić information content (AvgIpc) is 3.28. The van der Waals surface area contributed by atoms with Crippen molar-refractivity contribution in [2.45, 2.75) is 19.9 Å². The quantitative estimate of drug-likeness (QED) is 0.162. The molecule has 0 saturated carbocycles. The maximum Gasteiger partial charge on any atom is 0.280 e. The average molecular weight is 580 g/mol. The van der Waals surface area contributed by atoms with Crippen LogP contribution in [0.15, 0.2) is 77.7 Å². The normalized spacial score (nSPS) is 11.1. The first-order valence-corrected chi connectivity index (χ1v) is 13.0. The highest BCUT2D eigenvalue weighted by Gasteiger charge is 2.29. The molecule has 0 spiro atoms. The number of carbonyl (C=O) groups is 1. The molecule has 2 aromatic heterocycles. The van der Waals surface area contributed by atoms with E-state index in [-0.39, 0.29) is 23.4 Å². The highest BCUT2D eigenvalue weighted by molar-refractivity contribution is 6.09. The smallest absolute Gasteiger partial charge is 0.280 e. The fourth-order valence-corrected chi connectivity index (χ4v) is 4.58. The minimum Gasteiger partial charge on any atom is -0.497 e. The summed E-state index contributed by atoms with van der Waals surface area (Å²) in [6.07, 6.45) is 2.21. The summed E-state index contributed by atoms with van der Waals surface area (Å²) in [5, 5.41) is 1.88. The second kappa shape index (κ2) is 11.8. The van der Waals surface area contributed by atoms with Crippen molar-refractivity contribution >= 4 is 17.1 Å². The van der Waals surface area contributed by atoms with E-state index in [0.29, 0.717) is 24.3 Å². The molecule has 0 atom stereocenters. The molecule has 5 aromatic rings. The van der Waals surface area contributed by atoms with Gasteiger partial charge in [0.2, 0.25) is 0 Å². The van der Waals surface area contributed by atoms with Crippen LogP contribution < -0.4 is 20.3 Å². The summed E-state index contributed by atoms with van der Waals surface area (Å²) in [7, 11) is 1.52. The molecular weight excluding hydrogens is 554 g/mol. The predicted molar refractivity (Wildman–Crippen MR) is 149 cm³/mol. The van der Waals surface area contributed by atoms with Gasteiger partial charge in [0, 0.05) is 6.20 Å². The third-order valence-electron chi connectivity index (χ3n) is 6.62. The first-order chi connectivity index (χ1) is 20.2. The first kappa shape index (κ1) is 28.5. The van der Waals surface area contributed by atoms with Gasteiger partial charge in [0.25, 0.3) is 11.5 Å². The molecule has 11 heteroatoms. The van der Waals surface area contributed by atoms with Crippen molar-refractivity contribution in [3.63, 3.8) is 0 Å². The van der Waals surface area contributed by atoms with Gasteiger partial charge in [-0.15, -0.1) is 0 Å². The molecule has 0 saturated heterocycles. The number of hydrogen-bond donors (Lipinski definition) is 1. The van der Waals surface area contributed by atoms with E-state index in [1.54, 1.807) is 42.5 Å². The third-order valence-corrected chi connectivity index (χ3v) is 6.62. The number of nitrogens with zero attached hydrogens (tertiary/aromatic N) is 2. The SMILES string of the molecule is CCCOc1cccc(-c2c(F)c(F)c(NC(=O)c3c(=O)n(Cc4ccc(OC)cc4)n4ccccc34)c(F)c2F)c1. The van der Waals surface area contributed by atoms with E-state index in [1.165, 1.54) is 46.8 Å². The lowest BCUT2D eigenvalue weighted by molar-refractivity contribution is 0.102. The monoisotopic (exact) mass is 579 g/mol. The fourth-order valence-electron chi connectivity index (χ4n) is 4.58. The van der Waals surface area contributed by atoms with Gasteiger partial charge in [0.05, 0.1) is 31.3 Å². The number of fused-ring (bicyclic) bond motifs is 1. The van der Waals surface area contributed by atoms with Crippen LogP contribution in [0.1, 0.15) is 29.3 Å². The van der Waals surface area contributed by atoms with Crippen LogP contribution in [0.25, 0.3) is 16.6 Å². The fraction of sp³-hybridized carbons (Fsp3) is 0.161. The molecule has 0 radical (unpaired) electrons. The van der Waals surface area contributed by atoms with Crippen molar-refractivity contribution in [2.75, 3.05) is 19.0 Å². The van der Waals surface area contributed by atoms with E-state index in [9.17, 15) is 9.59 Å². The van der Waals surface area contributed by atoms with Crippen molar-refractivity contribution in [2.24, 2.45) is 0 Å². The number of carbonyl (C=O) groups excluding carboxylic acids is 1. The second-order valence-electron chi connectivity index (χ2n) is 9.35. The number of rotatable bonds is 9. The Morgan fingerprint density at radius 2 is 1.60 bits per heavy atom. The molecule has 42 heavy (non-hydrogen) atoms. The molecule has 7 nitrogen and oxygen atoms in total. The van der Waals surface area contributed by atoms with Crippen molar-refractivity contribution in [1.82, 2.24) is 9.20 Å². The molecule has 1 N–H and O–H groups in total. The van der Waals surface area contributed by atoms with Gasteiger partial charge in [-0.25, -0.2) is 22.2 Å². The lowest BCUT2D eigenvalue weighted by Crippen LogP contribution is -2.26. The van der Waals surface area contributed by atoms with E-state index in [2.05, 4.69) is 0 Å². The number of hydrogen-bond acceptors (Lipinski definition) is 4. The molecule has 1 amide bonds. The van der Waals surface area contributed by atoms with Crippen LogP contribution in [-0.4, -0.2) is 28.8 Å². The molecule has 216 valence electrons. The number of ether oxygens (including phenoxy) is 2. The van der Waals surface area contributed by atoms with E-state index >= 15 is 17.6 Å². The molecule has 0 aliphatic carbocycles. The minimum atomic E-state index is -1.82. The summed E-state index contributed by atoms with van der Waals surface area (Å²) in [4.78, 5) is 26.7. The summed E-state index contributed by atoms with van der Waals surface area (Å²) >= 11 is 0. The second-order valence-corrected chi connectivity index (χ2v) is 9.35. The summed E-state index contributed by atoms with van der Waals surface area (Å²) < 4.78 is 74.1. The van der Waals surface area contributed by atoms with E-state index in [4.69, 9.17) is 9.47 Å². The maximum absolute atomic E-state index is 15.2. The Labute approximate surface area is 237 Å². The zero-order valence-corrected chi connectivity index (χ0v) is 22.6. The minimum absolute atomic E-state index is 0.0446. The Kier molecular flexibility index (Phi) is 8.01. The van der Waals surface area contributed by atoms with Gasteiger partial charge in [-0.2, -0.15) is 0 Å². The molecular formula is C31H25F4N3O4. The number of methoxy groups -OCH3 is 1. The van der Waals surface area contributed by atoms with Crippen molar-refractivity contribution < 1.29 is 31.8 Å². The highest BCUT2D eigenvalue weighted by Crippen LogP contribution is 2.36. The van der Waals surface area contributed by atoms with Crippen LogP contribution in [0.3, 0.4) is 0 Å². The Morgan fingerprint density at radius 3 is 2.26 bits per heavy atom. The van der Waals surface area contributed by atoms with Crippen LogP contribution >= 0.6 is 0 Å². The van der Waals surface area contributed by atoms with Gasteiger partial charge in [-0.3, -0.25) is 14.1 Å². The van der Waals surface area contributed by atoms with E-state index in [0.717, 1.165) is 0 Å². The Hall–Kier alpha value is -5.06. The molecule has 5 rings (SSSR count). The van der Waals surface area contributed by atoms with Crippen LogP contribution in [0.2, 0.25) is 0 Å². The number of halogens is 4. The van der Waals surface area contributed by atoms with Gasteiger partial charge in [0.15, 0.2) is 23.3 Å². The summed E-state index contributed by atoms with van der Waals surface area (Å²) in [5.74, 6) is -7.43. The largest absolute Gasteiger partial charge is 0.497 e. The van der Waals surface area contributed by atoms with Gasteiger partial charge >= 0.3 is 0 Å². The molecule has 0 fully saturated rings. The van der Waals surface area contributed by atoms with Crippen molar-refractivity contribution in [3.8, 4) is 22.6 Å². The lowest BCUT2D eigenvalue weighted by Gasteiger charge is -2.14. The van der Waals surface area contributed by atoms with Crippen molar-refractivity contribution in [3.05, 3.63) is 118 Å². The molecule has 3 aromatic carbocycles. The van der Waals surface area contributed by atoms with Gasteiger partial charge in [-0.05, 0) is 53.9 Å². The van der Waals surface area contributed by atoms with Crippen LogP contribution in [0.5, 0.6) is 11.5 Å². The summed E-state index contributed by atoms with van der Waals surface area (Å²) in [5.41, 5.74) is -2.89. The Balaban J connectivity index is 1.52. The molecule has 2 heterocycles. The van der Waals surface area contributed by atoms with Crippen LogP contribution in [0.4, 0.5) is 23.2 Å².